The van der Waals surface area contributed by atoms with E-state index in [-0.39, 0.29) is 0 Å². The zero-order chi connectivity index (χ0) is 9.52. The lowest BCUT2D eigenvalue weighted by atomic mass is 10.1. The summed E-state index contributed by atoms with van der Waals surface area (Å²) in [5, 5.41) is 0. The molecule has 0 N–H and O–H groups in total. The molecule has 0 fully saturated rings. The SMILES string of the molecule is CC(=Cc1ccccc1)CCC=O. The molecule has 68 valence electrons. The van der Waals surface area contributed by atoms with Crippen molar-refractivity contribution in [2.45, 2.75) is 19.8 Å². The van der Waals surface area contributed by atoms with Gasteiger partial charge >= 0.3 is 0 Å². The topological polar surface area (TPSA) is 17.1 Å². The van der Waals surface area contributed by atoms with Crippen LogP contribution in [0.4, 0.5) is 0 Å². The minimum atomic E-state index is 0.620. The molecule has 0 aromatic heterocycles. The monoisotopic (exact) mass is 174 g/mol. The van der Waals surface area contributed by atoms with Gasteiger partial charge in [0.25, 0.3) is 0 Å². The zero-order valence-electron chi connectivity index (χ0n) is 7.86. The second-order valence-electron chi connectivity index (χ2n) is 3.11. The van der Waals surface area contributed by atoms with Crippen molar-refractivity contribution in [1.82, 2.24) is 0 Å². The van der Waals surface area contributed by atoms with E-state index >= 15 is 0 Å². The number of hydrogen-bond donors (Lipinski definition) is 0. The van der Waals surface area contributed by atoms with E-state index in [1.807, 2.05) is 18.2 Å². The molecule has 1 heteroatoms. The number of hydrogen-bond acceptors (Lipinski definition) is 1. The Labute approximate surface area is 79.1 Å². The van der Waals surface area contributed by atoms with Crippen LogP contribution < -0.4 is 0 Å². The average Bonchev–Trinajstić information content (AvgIpc) is 2.16. The van der Waals surface area contributed by atoms with Crippen LogP contribution in [-0.4, -0.2) is 6.29 Å². The van der Waals surface area contributed by atoms with Crippen LogP contribution in [0.25, 0.3) is 6.08 Å². The van der Waals surface area contributed by atoms with Gasteiger partial charge < -0.3 is 4.79 Å². The van der Waals surface area contributed by atoms with Crippen molar-refractivity contribution in [3.63, 3.8) is 0 Å². The first kappa shape index (κ1) is 9.72. The Bertz CT molecular complexity index is 285. The molecule has 0 aliphatic heterocycles. The van der Waals surface area contributed by atoms with Gasteiger partial charge in [-0.2, -0.15) is 0 Å². The summed E-state index contributed by atoms with van der Waals surface area (Å²) in [5.41, 5.74) is 2.45. The van der Waals surface area contributed by atoms with Crippen LogP contribution in [0.2, 0.25) is 0 Å². The summed E-state index contributed by atoms with van der Waals surface area (Å²) in [5.74, 6) is 0. The molecule has 0 aliphatic carbocycles. The van der Waals surface area contributed by atoms with E-state index in [9.17, 15) is 4.79 Å². The van der Waals surface area contributed by atoms with Crippen molar-refractivity contribution >= 4 is 12.4 Å². The summed E-state index contributed by atoms with van der Waals surface area (Å²) >= 11 is 0. The normalized spacial score (nSPS) is 11.3. The van der Waals surface area contributed by atoms with Crippen molar-refractivity contribution in [2.24, 2.45) is 0 Å². The number of aldehydes is 1. The second kappa shape index (κ2) is 5.31. The van der Waals surface area contributed by atoms with Gasteiger partial charge in [0.2, 0.25) is 0 Å². The van der Waals surface area contributed by atoms with E-state index in [4.69, 9.17) is 0 Å². The molecular formula is C12H14O. The lowest BCUT2D eigenvalue weighted by molar-refractivity contribution is -0.107. The molecule has 1 nitrogen and oxygen atoms in total. The van der Waals surface area contributed by atoms with E-state index in [0.717, 1.165) is 12.7 Å². The van der Waals surface area contributed by atoms with Crippen molar-refractivity contribution in [3.8, 4) is 0 Å². The van der Waals surface area contributed by atoms with E-state index in [1.54, 1.807) is 0 Å². The van der Waals surface area contributed by atoms with Crippen molar-refractivity contribution in [3.05, 3.63) is 41.5 Å². The molecule has 0 aliphatic rings. The maximum Gasteiger partial charge on any atom is 0.120 e. The maximum atomic E-state index is 10.1. The van der Waals surface area contributed by atoms with E-state index in [0.29, 0.717) is 6.42 Å². The molecule has 13 heavy (non-hydrogen) atoms. The first-order chi connectivity index (χ1) is 6.33. The van der Waals surface area contributed by atoms with Crippen LogP contribution in [0, 0.1) is 0 Å². The van der Waals surface area contributed by atoms with E-state index in [2.05, 4.69) is 25.1 Å². The molecule has 0 amide bonds. The Kier molecular flexibility index (Phi) is 3.97. The molecule has 0 saturated carbocycles. The van der Waals surface area contributed by atoms with Crippen LogP contribution in [0.1, 0.15) is 25.3 Å². The zero-order valence-corrected chi connectivity index (χ0v) is 7.86. The third kappa shape index (κ3) is 3.70. The lowest BCUT2D eigenvalue weighted by Gasteiger charge is -1.97. The van der Waals surface area contributed by atoms with Crippen molar-refractivity contribution < 1.29 is 4.79 Å². The highest BCUT2D eigenvalue weighted by Gasteiger charge is 1.90. The fraction of sp³-hybridized carbons (Fsp3) is 0.250. The third-order valence-corrected chi connectivity index (χ3v) is 1.87. The molecule has 0 heterocycles. The Morgan fingerprint density at radius 3 is 2.62 bits per heavy atom. The molecule has 0 atom stereocenters. The molecule has 0 unspecified atom stereocenters. The number of benzene rings is 1. The predicted octanol–water partition coefficient (Wildman–Crippen LogP) is 3.07. The van der Waals surface area contributed by atoms with Gasteiger partial charge in [0, 0.05) is 6.42 Å². The first-order valence-electron chi connectivity index (χ1n) is 4.49. The van der Waals surface area contributed by atoms with Crippen LogP contribution in [0.15, 0.2) is 35.9 Å². The highest BCUT2D eigenvalue weighted by Crippen LogP contribution is 2.09. The molecular weight excluding hydrogens is 160 g/mol. The number of carbonyl (C=O) groups excluding carboxylic acids is 1. The molecule has 1 aromatic carbocycles. The largest absolute Gasteiger partial charge is 0.303 e. The summed E-state index contributed by atoms with van der Waals surface area (Å²) in [6.07, 6.45) is 4.55. The Hall–Kier alpha value is -1.37. The van der Waals surface area contributed by atoms with Crippen molar-refractivity contribution in [2.75, 3.05) is 0 Å². The summed E-state index contributed by atoms with van der Waals surface area (Å²) in [7, 11) is 0. The second-order valence-corrected chi connectivity index (χ2v) is 3.11. The first-order valence-corrected chi connectivity index (χ1v) is 4.49. The highest BCUT2D eigenvalue weighted by atomic mass is 16.1. The molecule has 0 spiro atoms. The number of carbonyl (C=O) groups is 1. The molecule has 1 rings (SSSR count). The van der Waals surface area contributed by atoms with Crippen LogP contribution >= 0.6 is 0 Å². The fourth-order valence-corrected chi connectivity index (χ4v) is 1.19. The summed E-state index contributed by atoms with van der Waals surface area (Å²) in [6, 6.07) is 10.1. The average molecular weight is 174 g/mol. The van der Waals surface area contributed by atoms with Crippen LogP contribution in [-0.2, 0) is 4.79 Å². The van der Waals surface area contributed by atoms with E-state index < -0.39 is 0 Å². The quantitative estimate of drug-likeness (QED) is 0.641. The van der Waals surface area contributed by atoms with Gasteiger partial charge in [0.15, 0.2) is 0 Å². The summed E-state index contributed by atoms with van der Waals surface area (Å²) in [6.45, 7) is 2.05. The molecule has 0 radical (unpaired) electrons. The van der Waals surface area contributed by atoms with Gasteiger partial charge in [0.1, 0.15) is 6.29 Å². The van der Waals surface area contributed by atoms with E-state index in [1.165, 1.54) is 11.1 Å². The number of rotatable bonds is 4. The minimum Gasteiger partial charge on any atom is -0.303 e. The predicted molar refractivity (Wildman–Crippen MR) is 55.4 cm³/mol. The summed E-state index contributed by atoms with van der Waals surface area (Å²) < 4.78 is 0. The summed E-state index contributed by atoms with van der Waals surface area (Å²) in [4.78, 5) is 10.1. The molecule has 0 saturated heterocycles. The van der Waals surface area contributed by atoms with Gasteiger partial charge in [-0.3, -0.25) is 0 Å². The molecule has 0 bridgehead atoms. The highest BCUT2D eigenvalue weighted by molar-refractivity contribution is 5.54. The maximum absolute atomic E-state index is 10.1. The van der Waals surface area contributed by atoms with Gasteiger partial charge in [-0.15, -0.1) is 0 Å². The van der Waals surface area contributed by atoms with Crippen molar-refractivity contribution in [1.29, 1.82) is 0 Å². The van der Waals surface area contributed by atoms with Gasteiger partial charge in [0.05, 0.1) is 0 Å². The Balaban J connectivity index is 2.60. The molecule has 1 aromatic rings. The third-order valence-electron chi connectivity index (χ3n) is 1.87. The number of allylic oxidation sites excluding steroid dienone is 1. The van der Waals surface area contributed by atoms with Gasteiger partial charge in [-0.1, -0.05) is 42.0 Å². The van der Waals surface area contributed by atoms with Crippen LogP contribution in [0.5, 0.6) is 0 Å². The Morgan fingerprint density at radius 2 is 2.00 bits per heavy atom. The minimum absolute atomic E-state index is 0.620. The van der Waals surface area contributed by atoms with Gasteiger partial charge in [-0.25, -0.2) is 0 Å². The smallest absolute Gasteiger partial charge is 0.120 e. The lowest BCUT2D eigenvalue weighted by Crippen LogP contribution is -1.79. The van der Waals surface area contributed by atoms with Gasteiger partial charge in [-0.05, 0) is 18.9 Å². The fourth-order valence-electron chi connectivity index (χ4n) is 1.19. The van der Waals surface area contributed by atoms with Crippen LogP contribution in [0.3, 0.4) is 0 Å². The standard InChI is InChI=1S/C12H14O/c1-11(6-5-9-13)10-12-7-3-2-4-8-12/h2-4,7-10H,5-6H2,1H3. The Morgan fingerprint density at radius 1 is 1.31 bits per heavy atom.